The highest BCUT2D eigenvalue weighted by molar-refractivity contribution is 7.46. The van der Waals surface area contributed by atoms with Crippen molar-refractivity contribution in [2.75, 3.05) is 13.2 Å². The molecule has 0 fully saturated rings. The fraction of sp³-hybridized carbons (Fsp3) is 0.727. The normalized spacial score (nSPS) is 14.3. The first-order valence-electron chi connectivity index (χ1n) is 21.1. The van der Waals surface area contributed by atoms with Crippen LogP contribution in [0.2, 0.25) is 0 Å². The minimum Gasteiger partial charge on any atom is -0.462 e. The van der Waals surface area contributed by atoms with Gasteiger partial charge in [0, 0.05) is 12.8 Å². The van der Waals surface area contributed by atoms with Crippen molar-refractivity contribution < 1.29 is 43.0 Å². The van der Waals surface area contributed by atoms with Gasteiger partial charge in [-0.3, -0.25) is 14.1 Å². The molecule has 2 unspecified atom stereocenters. The number of ether oxygens (including phenoxy) is 2. The third kappa shape index (κ3) is 39.4. The number of phosphoric acid groups is 1. The predicted molar refractivity (Wildman–Crippen MR) is 222 cm³/mol. The van der Waals surface area contributed by atoms with Crippen LogP contribution in [0.3, 0.4) is 0 Å². The highest BCUT2D eigenvalue weighted by atomic mass is 31.2. The van der Waals surface area contributed by atoms with Gasteiger partial charge in [0.15, 0.2) is 6.10 Å². The van der Waals surface area contributed by atoms with Crippen molar-refractivity contribution >= 4 is 19.8 Å². The second-order valence-corrected chi connectivity index (χ2v) is 15.6. The Labute approximate surface area is 329 Å². The number of hydrogen-bond acceptors (Lipinski definition) is 7. The Morgan fingerprint density at radius 2 is 1.19 bits per heavy atom. The fourth-order valence-electron chi connectivity index (χ4n) is 5.64. The molecule has 10 heteroatoms. The summed E-state index contributed by atoms with van der Waals surface area (Å²) in [6.07, 6.45) is 42.8. The first-order valence-corrected chi connectivity index (χ1v) is 22.6. The van der Waals surface area contributed by atoms with Crippen molar-refractivity contribution in [2.45, 2.75) is 187 Å². The van der Waals surface area contributed by atoms with Crippen molar-refractivity contribution in [1.29, 1.82) is 0 Å². The molecule has 0 aromatic carbocycles. The second kappa shape index (κ2) is 37.6. The van der Waals surface area contributed by atoms with E-state index in [-0.39, 0.29) is 19.4 Å². The van der Waals surface area contributed by atoms with Crippen molar-refractivity contribution in [3.05, 3.63) is 60.8 Å². The molecular formula is C44H77O9P. The van der Waals surface area contributed by atoms with E-state index in [0.29, 0.717) is 25.7 Å². The zero-order valence-corrected chi connectivity index (χ0v) is 35.0. The summed E-state index contributed by atoms with van der Waals surface area (Å²) in [6, 6.07) is 0. The lowest BCUT2D eigenvalue weighted by Crippen LogP contribution is -2.29. The third-order valence-electron chi connectivity index (χ3n) is 9.17. The maximum atomic E-state index is 12.4. The zero-order valence-electron chi connectivity index (χ0n) is 34.1. The van der Waals surface area contributed by atoms with Gasteiger partial charge in [0.1, 0.15) is 6.61 Å². The van der Waals surface area contributed by atoms with Gasteiger partial charge in [-0.1, -0.05) is 178 Å². The molecule has 0 aliphatic rings. The van der Waals surface area contributed by atoms with Crippen molar-refractivity contribution in [2.24, 2.45) is 5.92 Å². The Hall–Kier alpha value is -2.29. The molecule has 0 rings (SSSR count). The number of esters is 2. The van der Waals surface area contributed by atoms with E-state index in [1.807, 2.05) is 55.5 Å². The predicted octanol–water partition coefficient (Wildman–Crippen LogP) is 11.7. The molecule has 54 heavy (non-hydrogen) atoms. The number of rotatable bonds is 37. The number of carbonyl (C=O) groups excluding carboxylic acids is 2. The summed E-state index contributed by atoms with van der Waals surface area (Å²) < 4.78 is 26.3. The SMILES string of the molecule is CC/C=C\C(O)C/C=C/C=C\C/C=C\C/C=C\CCCC(=O)OC[C@H](COP(=O)(O)O)OC(=O)CCCCCCCCCCCCCCCCC(C)CC. The first-order chi connectivity index (χ1) is 26.1. The summed E-state index contributed by atoms with van der Waals surface area (Å²) in [6.45, 7) is 5.77. The van der Waals surface area contributed by atoms with E-state index >= 15 is 0 Å². The van der Waals surface area contributed by atoms with Crippen LogP contribution in [0.5, 0.6) is 0 Å². The van der Waals surface area contributed by atoms with Crippen LogP contribution >= 0.6 is 7.82 Å². The van der Waals surface area contributed by atoms with Crippen LogP contribution in [0.15, 0.2) is 60.8 Å². The van der Waals surface area contributed by atoms with Gasteiger partial charge in [-0.15, -0.1) is 0 Å². The maximum absolute atomic E-state index is 12.4. The Kier molecular flexibility index (Phi) is 36.0. The van der Waals surface area contributed by atoms with E-state index in [1.165, 1.54) is 77.0 Å². The van der Waals surface area contributed by atoms with Crippen LogP contribution in [0.4, 0.5) is 0 Å². The lowest BCUT2D eigenvalue weighted by atomic mass is 9.99. The van der Waals surface area contributed by atoms with Crippen LogP contribution < -0.4 is 0 Å². The average Bonchev–Trinajstić information content (AvgIpc) is 3.14. The maximum Gasteiger partial charge on any atom is 0.469 e. The molecule has 0 aliphatic heterocycles. The van der Waals surface area contributed by atoms with E-state index in [2.05, 4.69) is 30.5 Å². The standard InChI is InChI=1S/C44H77O9P/c1-4-6-34-41(45)35-30-26-22-18-14-11-12-15-19-23-27-31-36-43(46)51-38-42(39-52-54(48,49)50)53-44(47)37-32-28-24-20-16-10-8-7-9-13-17-21-25-29-33-40(3)5-2/h6,11-12,18-19,22-23,26,30,34,40-42,45H,4-5,7-10,13-17,20-21,24-25,27-29,31-33,35-39H2,1-3H3,(H2,48,49,50)/b12-11-,22-18-,23-19-,30-26+,34-6-/t40?,41?,42-/m1/s1. The van der Waals surface area contributed by atoms with Gasteiger partial charge in [0.25, 0.3) is 0 Å². The average molecular weight is 781 g/mol. The number of carbonyl (C=O) groups is 2. The van der Waals surface area contributed by atoms with E-state index in [0.717, 1.165) is 44.4 Å². The number of allylic oxidation sites excluding steroid dienone is 8. The molecule has 3 N–H and O–H groups in total. The molecule has 0 aliphatic carbocycles. The van der Waals surface area contributed by atoms with E-state index in [9.17, 15) is 19.3 Å². The Morgan fingerprint density at radius 1 is 0.648 bits per heavy atom. The van der Waals surface area contributed by atoms with Crippen LogP contribution in [0, 0.1) is 5.92 Å². The summed E-state index contributed by atoms with van der Waals surface area (Å²) in [5, 5.41) is 9.74. The molecule has 0 amide bonds. The monoisotopic (exact) mass is 781 g/mol. The van der Waals surface area contributed by atoms with E-state index in [4.69, 9.17) is 19.3 Å². The zero-order chi connectivity index (χ0) is 40.0. The molecule has 312 valence electrons. The molecule has 0 spiro atoms. The lowest BCUT2D eigenvalue weighted by Gasteiger charge is -2.18. The molecule has 0 radical (unpaired) electrons. The minimum absolute atomic E-state index is 0.170. The molecule has 0 aromatic heterocycles. The highest BCUT2D eigenvalue weighted by Crippen LogP contribution is 2.36. The van der Waals surface area contributed by atoms with Crippen molar-refractivity contribution in [1.82, 2.24) is 0 Å². The lowest BCUT2D eigenvalue weighted by molar-refractivity contribution is -0.161. The molecule has 0 saturated carbocycles. The fourth-order valence-corrected chi connectivity index (χ4v) is 6.00. The summed E-state index contributed by atoms with van der Waals surface area (Å²) in [7, 11) is -4.78. The van der Waals surface area contributed by atoms with Gasteiger partial charge in [-0.2, -0.15) is 0 Å². The second-order valence-electron chi connectivity index (χ2n) is 14.4. The van der Waals surface area contributed by atoms with Gasteiger partial charge >= 0.3 is 19.8 Å². The molecule has 0 aromatic rings. The van der Waals surface area contributed by atoms with Crippen molar-refractivity contribution in [3.8, 4) is 0 Å². The van der Waals surface area contributed by atoms with Gasteiger partial charge in [-0.25, -0.2) is 4.57 Å². The van der Waals surface area contributed by atoms with Crippen LogP contribution in [0.1, 0.15) is 175 Å². The summed E-state index contributed by atoms with van der Waals surface area (Å²) in [4.78, 5) is 42.8. The first kappa shape index (κ1) is 51.7. The molecule has 0 heterocycles. The minimum atomic E-state index is -4.78. The molecule has 0 saturated heterocycles. The number of aliphatic hydroxyl groups excluding tert-OH is 1. The van der Waals surface area contributed by atoms with E-state index < -0.39 is 38.6 Å². The number of phosphoric ester groups is 1. The van der Waals surface area contributed by atoms with E-state index in [1.54, 1.807) is 0 Å². The number of aliphatic hydroxyl groups is 1. The quantitative estimate of drug-likeness (QED) is 0.0185. The Balaban J connectivity index is 4.04. The van der Waals surface area contributed by atoms with Gasteiger partial charge < -0.3 is 24.4 Å². The molecule has 0 bridgehead atoms. The topological polar surface area (TPSA) is 140 Å². The Morgan fingerprint density at radius 3 is 1.78 bits per heavy atom. The summed E-state index contributed by atoms with van der Waals surface area (Å²) >= 11 is 0. The molecule has 3 atom stereocenters. The summed E-state index contributed by atoms with van der Waals surface area (Å²) in [5.74, 6) is -0.102. The van der Waals surface area contributed by atoms with Gasteiger partial charge in [-0.05, 0) is 50.9 Å². The molecular weight excluding hydrogens is 703 g/mol. The van der Waals surface area contributed by atoms with Crippen LogP contribution in [-0.4, -0.2) is 52.3 Å². The number of unbranched alkanes of at least 4 members (excludes halogenated alkanes) is 14. The van der Waals surface area contributed by atoms with Gasteiger partial charge in [0.2, 0.25) is 0 Å². The Bertz CT molecular complexity index is 1090. The van der Waals surface area contributed by atoms with Crippen LogP contribution in [-0.2, 0) is 28.2 Å². The highest BCUT2D eigenvalue weighted by Gasteiger charge is 2.22. The van der Waals surface area contributed by atoms with Crippen molar-refractivity contribution in [3.63, 3.8) is 0 Å². The third-order valence-corrected chi connectivity index (χ3v) is 9.65. The smallest absolute Gasteiger partial charge is 0.462 e. The summed E-state index contributed by atoms with van der Waals surface area (Å²) in [5.41, 5.74) is 0. The van der Waals surface area contributed by atoms with Crippen LogP contribution in [0.25, 0.3) is 0 Å². The largest absolute Gasteiger partial charge is 0.469 e. The van der Waals surface area contributed by atoms with Gasteiger partial charge in [0.05, 0.1) is 12.7 Å². The molecule has 9 nitrogen and oxygen atoms in total. The number of hydrogen-bond donors (Lipinski definition) is 3.